The molecule has 0 radical (unpaired) electrons. The molecule has 3 N–H and O–H groups in total. The van der Waals surface area contributed by atoms with Crippen LogP contribution >= 0.6 is 0 Å². The number of ether oxygens (including phenoxy) is 5. The van der Waals surface area contributed by atoms with E-state index in [1.807, 2.05) is 6.08 Å². The molecule has 0 aliphatic carbocycles. The van der Waals surface area contributed by atoms with Crippen molar-refractivity contribution >= 4 is 23.9 Å². The fourth-order valence-corrected chi connectivity index (χ4v) is 8.44. The van der Waals surface area contributed by atoms with Gasteiger partial charge in [-0.15, -0.1) is 0 Å². The smallest absolute Gasteiger partial charge is 0.335 e. The predicted molar refractivity (Wildman–Crippen MR) is 303 cm³/mol. The van der Waals surface area contributed by atoms with Gasteiger partial charge in [-0.1, -0.05) is 221 Å². The van der Waals surface area contributed by atoms with Crippen LogP contribution in [0, 0.1) is 0 Å². The summed E-state index contributed by atoms with van der Waals surface area (Å²) in [6.07, 6.45) is 52.7. The normalized spacial score (nSPS) is 18.8. The molecule has 1 aliphatic heterocycles. The minimum Gasteiger partial charge on any atom is -0.479 e. The summed E-state index contributed by atoms with van der Waals surface area (Å²) in [4.78, 5) is 51.1. The molecule has 1 fully saturated rings. The number of carboxylic acid groups (broad SMARTS) is 1. The van der Waals surface area contributed by atoms with E-state index in [1.54, 1.807) is 0 Å². The molecule has 12 nitrogen and oxygen atoms in total. The number of rotatable bonds is 49. The molecule has 1 saturated heterocycles. The summed E-state index contributed by atoms with van der Waals surface area (Å²) in [5.41, 5.74) is 0. The highest BCUT2D eigenvalue weighted by Gasteiger charge is 2.50. The molecule has 0 aromatic heterocycles. The Morgan fingerprint density at radius 3 is 1.37 bits per heavy atom. The Morgan fingerprint density at radius 2 is 0.880 bits per heavy atom. The number of allylic oxidation sites excluding steroid dienone is 14. The molecule has 1 rings (SSSR count). The van der Waals surface area contributed by atoms with Crippen LogP contribution in [-0.4, -0.2) is 89.2 Å². The zero-order valence-corrected chi connectivity index (χ0v) is 47.0. The van der Waals surface area contributed by atoms with Crippen molar-refractivity contribution in [3.05, 3.63) is 85.1 Å². The van der Waals surface area contributed by atoms with E-state index >= 15 is 0 Å². The Balaban J connectivity index is 2.73. The van der Waals surface area contributed by atoms with E-state index in [1.165, 1.54) is 64.2 Å². The second-order valence-corrected chi connectivity index (χ2v) is 19.9. The molecule has 12 heteroatoms. The molecule has 75 heavy (non-hydrogen) atoms. The highest BCUT2D eigenvalue weighted by molar-refractivity contribution is 5.74. The van der Waals surface area contributed by atoms with Gasteiger partial charge in [0.2, 0.25) is 0 Å². The van der Waals surface area contributed by atoms with Gasteiger partial charge < -0.3 is 39.0 Å². The van der Waals surface area contributed by atoms with E-state index < -0.39 is 67.3 Å². The lowest BCUT2D eigenvalue weighted by molar-refractivity contribution is -0.301. The molecule has 0 amide bonds. The Hall–Kier alpha value is -4.10. The van der Waals surface area contributed by atoms with Crippen molar-refractivity contribution in [2.75, 3.05) is 13.2 Å². The standard InChI is InChI=1S/C63H104O12/c1-4-7-10-13-16-19-22-25-27-28-30-32-34-37-40-43-46-49-55(64)71-52-54(73-56(65)50-47-44-41-38-35-31-24-21-18-15-12-9-6-3)53-72-63-61(59(68)58(67)60(75-63)62(69)70)74-57(66)51-48-45-42-39-36-33-29-26-23-20-17-14-11-8-5-2/h7,10,12,15-16,19,21,24-25,27,30,32,37,40,54,58-61,63,67-68H,4-6,8-9,11,13-14,17-18,20,22-23,26,28-29,31,33-36,38-39,41-53H2,1-3H3,(H,69,70)/b10-7-,15-12-,19-16-,24-21-,27-25-,32-30-,40-37-. The summed E-state index contributed by atoms with van der Waals surface area (Å²) in [7, 11) is 0. The zero-order chi connectivity index (χ0) is 54.7. The number of hydrogen-bond donors (Lipinski definition) is 3. The van der Waals surface area contributed by atoms with Crippen LogP contribution in [0.4, 0.5) is 0 Å². The first-order valence-electron chi connectivity index (χ1n) is 29.6. The Labute approximate surface area is 454 Å². The number of esters is 3. The molecule has 0 aromatic rings. The lowest BCUT2D eigenvalue weighted by Crippen LogP contribution is -2.61. The summed E-state index contributed by atoms with van der Waals surface area (Å²) in [5, 5.41) is 31.5. The van der Waals surface area contributed by atoms with Crippen molar-refractivity contribution in [1.82, 2.24) is 0 Å². The van der Waals surface area contributed by atoms with Gasteiger partial charge in [0.05, 0.1) is 6.61 Å². The monoisotopic (exact) mass is 1050 g/mol. The first kappa shape index (κ1) is 68.9. The van der Waals surface area contributed by atoms with Crippen LogP contribution in [0.1, 0.15) is 239 Å². The van der Waals surface area contributed by atoms with E-state index in [0.717, 1.165) is 109 Å². The maximum absolute atomic E-state index is 13.1. The summed E-state index contributed by atoms with van der Waals surface area (Å²) < 4.78 is 28.4. The SMILES string of the molecule is CC/C=C\C/C=C\C/C=C\C/C=C\C/C=C\CCCC(=O)OCC(COC1OC(C(=O)O)C(O)C(O)C1OC(=O)CCCCCCCCCCCCCCCCC)OC(=O)CCCCCCC/C=C\C/C=C\CCC. The quantitative estimate of drug-likeness (QED) is 0.0228. The van der Waals surface area contributed by atoms with Crippen molar-refractivity contribution in [1.29, 1.82) is 0 Å². The number of carboxylic acids is 1. The lowest BCUT2D eigenvalue weighted by Gasteiger charge is -2.40. The minimum absolute atomic E-state index is 0.0535. The van der Waals surface area contributed by atoms with E-state index in [-0.39, 0.29) is 25.9 Å². The van der Waals surface area contributed by atoms with Crippen LogP contribution in [0.5, 0.6) is 0 Å². The van der Waals surface area contributed by atoms with Gasteiger partial charge >= 0.3 is 23.9 Å². The summed E-state index contributed by atoms with van der Waals surface area (Å²) in [6.45, 7) is 5.75. The number of aliphatic hydroxyl groups is 2. The van der Waals surface area contributed by atoms with Gasteiger partial charge in [-0.25, -0.2) is 4.79 Å². The van der Waals surface area contributed by atoms with E-state index in [4.69, 9.17) is 23.7 Å². The minimum atomic E-state index is -1.91. The van der Waals surface area contributed by atoms with Crippen LogP contribution in [0.3, 0.4) is 0 Å². The molecule has 428 valence electrons. The van der Waals surface area contributed by atoms with Gasteiger partial charge in [0.15, 0.2) is 24.6 Å². The molecule has 1 aliphatic rings. The number of unbranched alkanes of at least 4 members (excludes halogenated alkanes) is 21. The largest absolute Gasteiger partial charge is 0.479 e. The highest BCUT2D eigenvalue weighted by atomic mass is 16.7. The van der Waals surface area contributed by atoms with Crippen molar-refractivity contribution in [2.24, 2.45) is 0 Å². The number of carbonyl (C=O) groups is 4. The van der Waals surface area contributed by atoms with Gasteiger partial charge in [0, 0.05) is 19.3 Å². The third kappa shape index (κ3) is 40.8. The zero-order valence-electron chi connectivity index (χ0n) is 47.0. The van der Waals surface area contributed by atoms with Gasteiger partial charge in [0.1, 0.15) is 18.8 Å². The van der Waals surface area contributed by atoms with Crippen LogP contribution in [0.2, 0.25) is 0 Å². The highest BCUT2D eigenvalue weighted by Crippen LogP contribution is 2.26. The molecule has 0 spiro atoms. The van der Waals surface area contributed by atoms with Crippen molar-refractivity contribution in [2.45, 2.75) is 276 Å². The van der Waals surface area contributed by atoms with E-state index in [0.29, 0.717) is 25.7 Å². The first-order chi connectivity index (χ1) is 36.6. The average molecular weight is 1050 g/mol. The molecule has 6 atom stereocenters. The van der Waals surface area contributed by atoms with Crippen molar-refractivity contribution in [3.8, 4) is 0 Å². The fourth-order valence-electron chi connectivity index (χ4n) is 8.44. The Bertz CT molecular complexity index is 1630. The molecule has 0 aromatic carbocycles. The maximum Gasteiger partial charge on any atom is 0.335 e. The Morgan fingerprint density at radius 1 is 0.453 bits per heavy atom. The second-order valence-electron chi connectivity index (χ2n) is 19.9. The van der Waals surface area contributed by atoms with Crippen LogP contribution in [-0.2, 0) is 42.9 Å². The van der Waals surface area contributed by atoms with Gasteiger partial charge in [0.25, 0.3) is 0 Å². The third-order valence-corrected chi connectivity index (χ3v) is 12.9. The molecule has 1 heterocycles. The van der Waals surface area contributed by atoms with E-state index in [9.17, 15) is 34.5 Å². The fraction of sp³-hybridized carbons (Fsp3) is 0.714. The predicted octanol–water partition coefficient (Wildman–Crippen LogP) is 15.1. The number of aliphatic hydroxyl groups excluding tert-OH is 2. The molecular formula is C63H104O12. The Kier molecular flexibility index (Phi) is 46.6. The van der Waals surface area contributed by atoms with Gasteiger partial charge in [-0.3, -0.25) is 14.4 Å². The van der Waals surface area contributed by atoms with Crippen LogP contribution in [0.25, 0.3) is 0 Å². The van der Waals surface area contributed by atoms with Crippen LogP contribution < -0.4 is 0 Å². The van der Waals surface area contributed by atoms with E-state index in [2.05, 4.69) is 99.8 Å². The summed E-state index contributed by atoms with van der Waals surface area (Å²) in [6, 6.07) is 0. The summed E-state index contributed by atoms with van der Waals surface area (Å²) >= 11 is 0. The van der Waals surface area contributed by atoms with Gasteiger partial charge in [-0.05, 0) is 83.5 Å². The molecule has 6 unspecified atom stereocenters. The lowest BCUT2D eigenvalue weighted by atomic mass is 9.98. The number of aliphatic carboxylic acids is 1. The topological polar surface area (TPSA) is 175 Å². The van der Waals surface area contributed by atoms with Crippen molar-refractivity contribution in [3.63, 3.8) is 0 Å². The molecule has 0 bridgehead atoms. The first-order valence-corrected chi connectivity index (χ1v) is 29.6. The average Bonchev–Trinajstić information content (AvgIpc) is 3.39. The third-order valence-electron chi connectivity index (χ3n) is 12.9. The number of carbonyl (C=O) groups excluding carboxylic acids is 3. The van der Waals surface area contributed by atoms with Gasteiger partial charge in [-0.2, -0.15) is 0 Å². The second kappa shape index (κ2) is 50.7. The number of hydrogen-bond acceptors (Lipinski definition) is 11. The van der Waals surface area contributed by atoms with Crippen molar-refractivity contribution < 1.29 is 58.2 Å². The molecular weight excluding hydrogens is 949 g/mol. The van der Waals surface area contributed by atoms with Crippen LogP contribution in [0.15, 0.2) is 85.1 Å². The maximum atomic E-state index is 13.1. The molecule has 0 saturated carbocycles. The summed E-state index contributed by atoms with van der Waals surface area (Å²) in [5.74, 6) is -3.21.